The van der Waals surface area contributed by atoms with Crippen LogP contribution in [-0.4, -0.2) is 71.9 Å². The Kier molecular flexibility index (Phi) is 5.58. The van der Waals surface area contributed by atoms with Crippen LogP contribution in [0.4, 0.5) is 23.0 Å². The Morgan fingerprint density at radius 1 is 1.09 bits per heavy atom. The van der Waals surface area contributed by atoms with Crippen LogP contribution in [0.15, 0.2) is 35.3 Å². The van der Waals surface area contributed by atoms with Gasteiger partial charge in [0.25, 0.3) is 5.56 Å². The predicted octanol–water partition coefficient (Wildman–Crippen LogP) is 2.74. The first-order chi connectivity index (χ1) is 16.7. The fourth-order valence-corrected chi connectivity index (χ4v) is 5.47. The van der Waals surface area contributed by atoms with Crippen molar-refractivity contribution in [2.75, 3.05) is 68.0 Å². The SMILES string of the molecule is Cc1cccc2c1NCCN2c1cc2cnc3nc2n(c1=O)C1CCCN(CCOCCN3)C1. The van der Waals surface area contributed by atoms with Crippen LogP contribution < -0.4 is 21.1 Å². The zero-order valence-electron chi connectivity index (χ0n) is 19.6. The number of ether oxygens (including phenoxy) is 1. The van der Waals surface area contributed by atoms with Gasteiger partial charge in [-0.1, -0.05) is 12.1 Å². The van der Waals surface area contributed by atoms with E-state index < -0.39 is 0 Å². The van der Waals surface area contributed by atoms with E-state index >= 15 is 0 Å². The molecule has 1 aromatic carbocycles. The zero-order valence-corrected chi connectivity index (χ0v) is 19.6. The molecule has 2 N–H and O–H groups in total. The standard InChI is InChI=1S/C25H31N7O2/c1-17-4-2-6-20-22(17)26-7-10-31(20)21-14-18-15-28-25-27-8-12-34-13-11-30-9-3-5-19(16-30)32(24(21)33)23(18)29-25/h2,4,6,14-15,19,26H,3,5,7-13,16H2,1H3,(H,27,28,29). The number of aromatic nitrogens is 3. The van der Waals surface area contributed by atoms with Crippen molar-refractivity contribution in [1.29, 1.82) is 0 Å². The third-order valence-electron chi connectivity index (χ3n) is 7.15. The molecule has 9 heteroatoms. The second kappa shape index (κ2) is 8.88. The summed E-state index contributed by atoms with van der Waals surface area (Å²) in [5.41, 5.74) is 4.73. The van der Waals surface area contributed by atoms with Gasteiger partial charge in [-0.3, -0.25) is 14.3 Å². The number of fused-ring (bicyclic) bond motifs is 5. The number of aryl methyl sites for hydroxylation is 1. The number of anilines is 4. The van der Waals surface area contributed by atoms with E-state index in [-0.39, 0.29) is 11.6 Å². The van der Waals surface area contributed by atoms with E-state index in [1.54, 1.807) is 0 Å². The molecule has 0 spiro atoms. The van der Waals surface area contributed by atoms with Gasteiger partial charge in [0.05, 0.1) is 30.6 Å². The number of piperidine rings is 1. The van der Waals surface area contributed by atoms with Crippen LogP contribution in [0.1, 0.15) is 24.4 Å². The summed E-state index contributed by atoms with van der Waals surface area (Å²) in [6, 6.07) is 8.27. The highest BCUT2D eigenvalue weighted by Crippen LogP contribution is 2.36. The minimum Gasteiger partial charge on any atom is -0.381 e. The largest absolute Gasteiger partial charge is 0.381 e. The van der Waals surface area contributed by atoms with Crippen molar-refractivity contribution in [3.05, 3.63) is 46.4 Å². The maximum absolute atomic E-state index is 14.2. The molecule has 3 aliphatic heterocycles. The molecule has 1 saturated heterocycles. The van der Waals surface area contributed by atoms with Crippen LogP contribution in [0, 0.1) is 6.92 Å². The molecule has 1 fully saturated rings. The second-order valence-electron chi connectivity index (χ2n) is 9.36. The van der Waals surface area contributed by atoms with Gasteiger partial charge in [-0.25, -0.2) is 4.98 Å². The third kappa shape index (κ3) is 3.78. The van der Waals surface area contributed by atoms with Gasteiger partial charge in [-0.05, 0) is 44.0 Å². The average Bonchev–Trinajstić information content (AvgIpc) is 2.86. The third-order valence-corrected chi connectivity index (χ3v) is 7.15. The Labute approximate surface area is 198 Å². The van der Waals surface area contributed by atoms with Gasteiger partial charge >= 0.3 is 0 Å². The number of pyridine rings is 1. The molecule has 0 aliphatic carbocycles. The highest BCUT2D eigenvalue weighted by molar-refractivity contribution is 5.85. The number of hydrogen-bond acceptors (Lipinski definition) is 8. The maximum atomic E-state index is 14.2. The molecular weight excluding hydrogens is 430 g/mol. The first kappa shape index (κ1) is 21.4. The molecule has 4 bridgehead atoms. The first-order valence-electron chi connectivity index (χ1n) is 12.3. The first-order valence-corrected chi connectivity index (χ1v) is 12.3. The van der Waals surface area contributed by atoms with Crippen molar-refractivity contribution in [3.63, 3.8) is 0 Å². The van der Waals surface area contributed by atoms with Gasteiger partial charge in [-0.15, -0.1) is 0 Å². The lowest BCUT2D eigenvalue weighted by Crippen LogP contribution is -2.43. The molecule has 0 radical (unpaired) electrons. The predicted molar refractivity (Wildman–Crippen MR) is 134 cm³/mol. The van der Waals surface area contributed by atoms with Crippen LogP contribution in [0.25, 0.3) is 11.0 Å². The van der Waals surface area contributed by atoms with Gasteiger partial charge in [0, 0.05) is 44.3 Å². The fraction of sp³-hybridized carbons (Fsp3) is 0.480. The lowest BCUT2D eigenvalue weighted by Gasteiger charge is -2.36. The number of benzene rings is 1. The Bertz CT molecular complexity index is 1270. The second-order valence-corrected chi connectivity index (χ2v) is 9.36. The van der Waals surface area contributed by atoms with Crippen molar-refractivity contribution in [1.82, 2.24) is 19.4 Å². The molecule has 2 unspecified atom stereocenters. The number of rotatable bonds is 1. The minimum atomic E-state index is 0.0180. The molecule has 178 valence electrons. The summed E-state index contributed by atoms with van der Waals surface area (Å²) in [6.07, 6.45) is 3.85. The lowest BCUT2D eigenvalue weighted by molar-refractivity contribution is 0.0917. The maximum Gasteiger partial charge on any atom is 0.276 e. The smallest absolute Gasteiger partial charge is 0.276 e. The molecule has 3 aromatic rings. The van der Waals surface area contributed by atoms with Gasteiger partial charge in [0.2, 0.25) is 5.95 Å². The van der Waals surface area contributed by atoms with Crippen molar-refractivity contribution in [2.24, 2.45) is 0 Å². The van der Waals surface area contributed by atoms with E-state index in [1.165, 1.54) is 5.56 Å². The highest BCUT2D eigenvalue weighted by atomic mass is 16.5. The molecule has 0 amide bonds. The minimum absolute atomic E-state index is 0.0180. The molecule has 9 nitrogen and oxygen atoms in total. The molecule has 3 aliphatic rings. The Morgan fingerprint density at radius 2 is 2.03 bits per heavy atom. The van der Waals surface area contributed by atoms with E-state index in [4.69, 9.17) is 9.72 Å². The van der Waals surface area contributed by atoms with E-state index in [2.05, 4.69) is 50.5 Å². The topological polar surface area (TPSA) is 87.5 Å². The summed E-state index contributed by atoms with van der Waals surface area (Å²) in [7, 11) is 0. The van der Waals surface area contributed by atoms with Crippen molar-refractivity contribution >= 4 is 34.0 Å². The number of nitrogens with one attached hydrogen (secondary N) is 2. The molecule has 34 heavy (non-hydrogen) atoms. The monoisotopic (exact) mass is 461 g/mol. The van der Waals surface area contributed by atoms with Gasteiger partial charge in [-0.2, -0.15) is 4.98 Å². The van der Waals surface area contributed by atoms with Crippen LogP contribution in [0.2, 0.25) is 0 Å². The Balaban J connectivity index is 1.53. The summed E-state index contributed by atoms with van der Waals surface area (Å²) < 4.78 is 7.74. The van der Waals surface area contributed by atoms with Gasteiger partial charge < -0.3 is 20.3 Å². The van der Waals surface area contributed by atoms with Crippen LogP contribution in [-0.2, 0) is 4.74 Å². The van der Waals surface area contributed by atoms with E-state index in [1.807, 2.05) is 16.8 Å². The summed E-state index contributed by atoms with van der Waals surface area (Å²) in [6.45, 7) is 8.28. The van der Waals surface area contributed by atoms with Gasteiger partial charge in [0.1, 0.15) is 11.3 Å². The van der Waals surface area contributed by atoms with Crippen LogP contribution in [0.5, 0.6) is 0 Å². The molecule has 0 saturated carbocycles. The normalized spacial score (nSPS) is 22.7. The van der Waals surface area contributed by atoms with Crippen LogP contribution in [0.3, 0.4) is 0 Å². The van der Waals surface area contributed by atoms with Crippen LogP contribution >= 0.6 is 0 Å². The Morgan fingerprint density at radius 3 is 2.97 bits per heavy atom. The molecular formula is C25H31N7O2. The average molecular weight is 462 g/mol. The summed E-state index contributed by atoms with van der Waals surface area (Å²) in [4.78, 5) is 28.1. The van der Waals surface area contributed by atoms with E-state index in [0.717, 1.165) is 62.3 Å². The van der Waals surface area contributed by atoms with Gasteiger partial charge in [0.15, 0.2) is 0 Å². The number of hydrogen-bond donors (Lipinski definition) is 2. The summed E-state index contributed by atoms with van der Waals surface area (Å²) in [5.74, 6) is 0.534. The molecule has 5 heterocycles. The highest BCUT2D eigenvalue weighted by Gasteiger charge is 2.28. The molecule has 2 aromatic heterocycles. The van der Waals surface area contributed by atoms with E-state index in [0.29, 0.717) is 37.0 Å². The van der Waals surface area contributed by atoms with Crippen molar-refractivity contribution < 1.29 is 4.74 Å². The molecule has 6 rings (SSSR count). The van der Waals surface area contributed by atoms with E-state index in [9.17, 15) is 4.79 Å². The fourth-order valence-electron chi connectivity index (χ4n) is 5.47. The number of nitrogens with zero attached hydrogens (tertiary/aromatic N) is 5. The lowest BCUT2D eigenvalue weighted by atomic mass is 10.0. The zero-order chi connectivity index (χ0) is 23.1. The van der Waals surface area contributed by atoms with Crippen molar-refractivity contribution in [3.8, 4) is 0 Å². The summed E-state index contributed by atoms with van der Waals surface area (Å²) >= 11 is 0. The molecule has 2 atom stereocenters. The van der Waals surface area contributed by atoms with Crippen molar-refractivity contribution in [2.45, 2.75) is 25.8 Å². The Hall–Kier alpha value is -3.17. The number of para-hydroxylation sites is 1. The summed E-state index contributed by atoms with van der Waals surface area (Å²) in [5, 5.41) is 7.64. The quantitative estimate of drug-likeness (QED) is 0.572.